The summed E-state index contributed by atoms with van der Waals surface area (Å²) in [6.45, 7) is 6.66. The molecule has 0 bridgehead atoms. The van der Waals surface area contributed by atoms with E-state index >= 15 is 0 Å². The molecule has 0 saturated carbocycles. The summed E-state index contributed by atoms with van der Waals surface area (Å²) in [5.41, 5.74) is 4.03. The van der Waals surface area contributed by atoms with Crippen LogP contribution in [0.4, 0.5) is 5.13 Å². The largest absolute Gasteiger partial charge is 0.344 e. The highest BCUT2D eigenvalue weighted by Crippen LogP contribution is 2.28. The van der Waals surface area contributed by atoms with Gasteiger partial charge in [0, 0.05) is 45.1 Å². The van der Waals surface area contributed by atoms with E-state index in [1.54, 1.807) is 22.2 Å². The fraction of sp³-hybridized carbons (Fsp3) is 0.350. The Morgan fingerprint density at radius 1 is 1.14 bits per heavy atom. The van der Waals surface area contributed by atoms with Gasteiger partial charge >= 0.3 is 0 Å². The van der Waals surface area contributed by atoms with Gasteiger partial charge in [-0.2, -0.15) is 5.10 Å². The van der Waals surface area contributed by atoms with Crippen molar-refractivity contribution in [2.24, 2.45) is 7.05 Å². The number of amides is 1. The molecule has 9 heteroatoms. The highest BCUT2D eigenvalue weighted by Gasteiger charge is 2.27. The van der Waals surface area contributed by atoms with Crippen molar-refractivity contribution in [2.75, 3.05) is 31.1 Å². The lowest BCUT2D eigenvalue weighted by Gasteiger charge is -2.34. The Bertz CT molecular complexity index is 1200. The Morgan fingerprint density at radius 3 is 2.69 bits per heavy atom. The molecule has 0 spiro atoms. The molecule has 0 atom stereocenters. The first-order valence-electron chi connectivity index (χ1n) is 9.58. The SMILES string of the molecule is Cc1cc(C(=O)N2CCN(c3nc4cccnc4s3)CC2)c2c(C)nn(C)c2n1. The van der Waals surface area contributed by atoms with Crippen LogP contribution >= 0.6 is 11.3 Å². The summed E-state index contributed by atoms with van der Waals surface area (Å²) in [6.07, 6.45) is 1.79. The zero-order chi connectivity index (χ0) is 20.1. The molecule has 8 nitrogen and oxygen atoms in total. The number of pyridine rings is 2. The molecule has 0 radical (unpaired) electrons. The molecule has 29 heavy (non-hydrogen) atoms. The van der Waals surface area contributed by atoms with Gasteiger partial charge in [-0.15, -0.1) is 0 Å². The first kappa shape index (κ1) is 18.0. The first-order chi connectivity index (χ1) is 14.0. The van der Waals surface area contributed by atoms with E-state index in [1.165, 1.54) is 0 Å². The summed E-state index contributed by atoms with van der Waals surface area (Å²) in [5.74, 6) is 0.0437. The molecule has 0 aliphatic carbocycles. The van der Waals surface area contributed by atoms with E-state index in [1.807, 2.05) is 44.0 Å². The van der Waals surface area contributed by atoms with Gasteiger partial charge in [0.05, 0.1) is 16.6 Å². The second-order valence-corrected chi connectivity index (χ2v) is 8.28. The summed E-state index contributed by atoms with van der Waals surface area (Å²) in [6, 6.07) is 5.76. The number of rotatable bonds is 2. The van der Waals surface area contributed by atoms with Gasteiger partial charge in [0.1, 0.15) is 10.3 Å². The summed E-state index contributed by atoms with van der Waals surface area (Å²) in [4.78, 5) is 32.1. The molecule has 1 amide bonds. The van der Waals surface area contributed by atoms with Crippen molar-refractivity contribution in [3.05, 3.63) is 41.3 Å². The zero-order valence-corrected chi connectivity index (χ0v) is 17.4. The predicted molar refractivity (Wildman–Crippen MR) is 114 cm³/mol. The van der Waals surface area contributed by atoms with Crippen LogP contribution in [0, 0.1) is 13.8 Å². The maximum absolute atomic E-state index is 13.3. The molecule has 5 heterocycles. The lowest BCUT2D eigenvalue weighted by molar-refractivity contribution is 0.0748. The number of carbonyl (C=O) groups is 1. The van der Waals surface area contributed by atoms with Gasteiger partial charge in [-0.05, 0) is 32.0 Å². The molecule has 1 saturated heterocycles. The van der Waals surface area contributed by atoms with Gasteiger partial charge in [-0.3, -0.25) is 9.48 Å². The average Bonchev–Trinajstić information content (AvgIpc) is 3.28. The van der Waals surface area contributed by atoms with Crippen molar-refractivity contribution >= 4 is 43.8 Å². The Hall–Kier alpha value is -3.07. The number of aryl methyl sites for hydroxylation is 3. The number of aromatic nitrogens is 5. The summed E-state index contributed by atoms with van der Waals surface area (Å²) >= 11 is 1.60. The fourth-order valence-corrected chi connectivity index (χ4v) is 4.86. The third kappa shape index (κ3) is 3.02. The average molecular weight is 408 g/mol. The monoisotopic (exact) mass is 407 g/mol. The molecule has 148 valence electrons. The smallest absolute Gasteiger partial charge is 0.254 e. The minimum absolute atomic E-state index is 0.0437. The van der Waals surface area contributed by atoms with Crippen LogP contribution in [0.25, 0.3) is 21.4 Å². The van der Waals surface area contributed by atoms with Crippen LogP contribution in [0.1, 0.15) is 21.7 Å². The maximum atomic E-state index is 13.3. The lowest BCUT2D eigenvalue weighted by Crippen LogP contribution is -2.48. The fourth-order valence-electron chi connectivity index (χ4n) is 3.90. The lowest BCUT2D eigenvalue weighted by atomic mass is 10.1. The zero-order valence-electron chi connectivity index (χ0n) is 16.6. The molecule has 4 aromatic rings. The Morgan fingerprint density at radius 2 is 1.93 bits per heavy atom. The first-order valence-corrected chi connectivity index (χ1v) is 10.4. The number of nitrogens with zero attached hydrogens (tertiary/aromatic N) is 7. The minimum Gasteiger partial charge on any atom is -0.344 e. The van der Waals surface area contributed by atoms with Crippen LogP contribution in [0.15, 0.2) is 24.4 Å². The summed E-state index contributed by atoms with van der Waals surface area (Å²) in [7, 11) is 1.86. The van der Waals surface area contributed by atoms with Crippen molar-refractivity contribution in [1.29, 1.82) is 0 Å². The molecule has 0 N–H and O–H groups in total. The van der Waals surface area contributed by atoms with Crippen molar-refractivity contribution in [3.63, 3.8) is 0 Å². The van der Waals surface area contributed by atoms with Gasteiger partial charge in [-0.25, -0.2) is 15.0 Å². The highest BCUT2D eigenvalue weighted by molar-refractivity contribution is 7.21. The molecular formula is C20H21N7OS. The van der Waals surface area contributed by atoms with E-state index in [4.69, 9.17) is 4.98 Å². The van der Waals surface area contributed by atoms with E-state index in [2.05, 4.69) is 20.0 Å². The van der Waals surface area contributed by atoms with Gasteiger partial charge in [0.25, 0.3) is 5.91 Å². The maximum Gasteiger partial charge on any atom is 0.254 e. The highest BCUT2D eigenvalue weighted by atomic mass is 32.1. The summed E-state index contributed by atoms with van der Waals surface area (Å²) in [5, 5.41) is 6.27. The van der Waals surface area contributed by atoms with Crippen LogP contribution in [0.3, 0.4) is 0 Å². The number of thiazole rings is 1. The quantitative estimate of drug-likeness (QED) is 0.508. The number of carbonyl (C=O) groups excluding carboxylic acids is 1. The van der Waals surface area contributed by atoms with Crippen LogP contribution in [-0.2, 0) is 7.05 Å². The van der Waals surface area contributed by atoms with Crippen molar-refractivity contribution in [1.82, 2.24) is 29.6 Å². The molecule has 1 fully saturated rings. The van der Waals surface area contributed by atoms with Gasteiger partial charge in [-0.1, -0.05) is 11.3 Å². The molecule has 1 aliphatic rings. The third-order valence-electron chi connectivity index (χ3n) is 5.32. The molecule has 5 rings (SSSR count). The van der Waals surface area contributed by atoms with Crippen LogP contribution < -0.4 is 4.90 Å². The Balaban J connectivity index is 1.38. The van der Waals surface area contributed by atoms with E-state index in [0.29, 0.717) is 18.7 Å². The van der Waals surface area contributed by atoms with E-state index in [9.17, 15) is 4.79 Å². The standard InChI is InChI=1S/C20H21N7OS/c1-12-11-14(16-13(2)24-25(3)17(16)22-12)19(28)26-7-9-27(10-8-26)20-23-15-5-4-6-21-18(15)29-20/h4-6,11H,7-10H2,1-3H3. The van der Waals surface area contributed by atoms with Crippen molar-refractivity contribution < 1.29 is 4.79 Å². The second-order valence-electron chi connectivity index (χ2n) is 7.32. The van der Waals surface area contributed by atoms with Crippen LogP contribution in [0.2, 0.25) is 0 Å². The topological polar surface area (TPSA) is 80.0 Å². The third-order valence-corrected chi connectivity index (χ3v) is 6.36. The minimum atomic E-state index is 0.0437. The molecular weight excluding hydrogens is 386 g/mol. The molecule has 0 aromatic carbocycles. The van der Waals surface area contributed by atoms with E-state index in [0.717, 1.165) is 51.0 Å². The van der Waals surface area contributed by atoms with E-state index < -0.39 is 0 Å². The van der Waals surface area contributed by atoms with Crippen LogP contribution in [-0.4, -0.2) is 61.7 Å². The van der Waals surface area contributed by atoms with Gasteiger partial charge in [0.2, 0.25) is 0 Å². The molecule has 4 aromatic heterocycles. The summed E-state index contributed by atoms with van der Waals surface area (Å²) < 4.78 is 1.74. The number of anilines is 1. The van der Waals surface area contributed by atoms with Crippen LogP contribution in [0.5, 0.6) is 0 Å². The number of piperazine rings is 1. The van der Waals surface area contributed by atoms with Gasteiger partial charge < -0.3 is 9.80 Å². The van der Waals surface area contributed by atoms with E-state index in [-0.39, 0.29) is 5.91 Å². The number of hydrogen-bond acceptors (Lipinski definition) is 7. The number of hydrogen-bond donors (Lipinski definition) is 0. The Kier molecular flexibility index (Phi) is 4.20. The van der Waals surface area contributed by atoms with Crippen molar-refractivity contribution in [2.45, 2.75) is 13.8 Å². The predicted octanol–water partition coefficient (Wildman–Crippen LogP) is 2.55. The van der Waals surface area contributed by atoms with Gasteiger partial charge in [0.15, 0.2) is 10.8 Å². The molecule has 1 aliphatic heterocycles. The second kappa shape index (κ2) is 6.77. The normalized spacial score (nSPS) is 14.9. The number of fused-ring (bicyclic) bond motifs is 2. The Labute approximate surface area is 171 Å². The van der Waals surface area contributed by atoms with Crippen molar-refractivity contribution in [3.8, 4) is 0 Å². The molecule has 0 unspecified atom stereocenters.